The standard InChI is InChI=1S/C11H18N2O/c1-3-4-9(12)8-5-7(2)6-10(13)11(8)14/h5-6,9,14H,3-4,12-13H2,1-2H3/t9-/m1/s1. The zero-order chi connectivity index (χ0) is 10.7. The lowest BCUT2D eigenvalue weighted by atomic mass is 9.99. The monoisotopic (exact) mass is 194 g/mol. The van der Waals surface area contributed by atoms with E-state index in [2.05, 4.69) is 6.92 Å². The molecule has 0 amide bonds. The smallest absolute Gasteiger partial charge is 0.143 e. The Labute approximate surface area is 84.7 Å². The number of nitrogen functional groups attached to an aromatic ring is 1. The molecule has 0 aliphatic heterocycles. The Bertz CT molecular complexity index is 323. The van der Waals surface area contributed by atoms with Crippen LogP contribution < -0.4 is 11.5 Å². The molecule has 0 radical (unpaired) electrons. The van der Waals surface area contributed by atoms with Crippen LogP contribution in [0, 0.1) is 6.92 Å². The minimum atomic E-state index is -0.123. The molecule has 1 atom stereocenters. The molecular weight excluding hydrogens is 176 g/mol. The molecule has 0 saturated heterocycles. The number of aryl methyl sites for hydroxylation is 1. The molecule has 0 aliphatic carbocycles. The summed E-state index contributed by atoms with van der Waals surface area (Å²) in [6, 6.07) is 3.52. The van der Waals surface area contributed by atoms with E-state index in [1.807, 2.05) is 13.0 Å². The fraction of sp³-hybridized carbons (Fsp3) is 0.455. The van der Waals surface area contributed by atoms with Gasteiger partial charge in [0.15, 0.2) is 0 Å². The van der Waals surface area contributed by atoms with Crippen molar-refractivity contribution >= 4 is 5.69 Å². The zero-order valence-electron chi connectivity index (χ0n) is 8.75. The Kier molecular flexibility index (Phi) is 3.36. The van der Waals surface area contributed by atoms with Crippen molar-refractivity contribution in [2.24, 2.45) is 5.73 Å². The van der Waals surface area contributed by atoms with Gasteiger partial charge in [-0.3, -0.25) is 0 Å². The first kappa shape index (κ1) is 10.9. The van der Waals surface area contributed by atoms with Gasteiger partial charge in [-0.05, 0) is 25.0 Å². The van der Waals surface area contributed by atoms with E-state index >= 15 is 0 Å². The molecule has 3 heteroatoms. The van der Waals surface area contributed by atoms with Crippen molar-refractivity contribution in [3.8, 4) is 5.75 Å². The average molecular weight is 194 g/mol. The van der Waals surface area contributed by atoms with Crippen LogP contribution in [0.25, 0.3) is 0 Å². The number of anilines is 1. The quantitative estimate of drug-likeness (QED) is 0.509. The van der Waals surface area contributed by atoms with Crippen molar-refractivity contribution in [1.82, 2.24) is 0 Å². The van der Waals surface area contributed by atoms with Gasteiger partial charge in [-0.1, -0.05) is 19.4 Å². The Balaban J connectivity index is 3.07. The van der Waals surface area contributed by atoms with E-state index in [0.29, 0.717) is 5.69 Å². The molecule has 0 aromatic heterocycles. The van der Waals surface area contributed by atoms with E-state index in [1.54, 1.807) is 6.07 Å². The minimum Gasteiger partial charge on any atom is -0.505 e. The number of nitrogens with two attached hydrogens (primary N) is 2. The number of rotatable bonds is 3. The predicted octanol–water partition coefficient (Wildman–Crippen LogP) is 2.08. The van der Waals surface area contributed by atoms with Crippen LogP contribution in [0.4, 0.5) is 5.69 Å². The normalized spacial score (nSPS) is 12.8. The van der Waals surface area contributed by atoms with Crippen molar-refractivity contribution in [1.29, 1.82) is 0 Å². The van der Waals surface area contributed by atoms with E-state index in [-0.39, 0.29) is 11.8 Å². The second-order valence-corrected chi connectivity index (χ2v) is 3.69. The molecule has 78 valence electrons. The van der Waals surface area contributed by atoms with Crippen LogP contribution in [0.3, 0.4) is 0 Å². The van der Waals surface area contributed by atoms with Crippen LogP contribution in [0.1, 0.15) is 36.9 Å². The highest BCUT2D eigenvalue weighted by molar-refractivity contribution is 5.58. The molecule has 0 unspecified atom stereocenters. The van der Waals surface area contributed by atoms with Gasteiger partial charge < -0.3 is 16.6 Å². The molecule has 1 aromatic rings. The minimum absolute atomic E-state index is 0.123. The Morgan fingerprint density at radius 1 is 1.43 bits per heavy atom. The number of aromatic hydroxyl groups is 1. The van der Waals surface area contributed by atoms with E-state index in [4.69, 9.17) is 11.5 Å². The van der Waals surface area contributed by atoms with Gasteiger partial charge in [0.25, 0.3) is 0 Å². The predicted molar refractivity (Wildman–Crippen MR) is 59.1 cm³/mol. The summed E-state index contributed by atoms with van der Waals surface area (Å²) in [5.41, 5.74) is 13.8. The summed E-state index contributed by atoms with van der Waals surface area (Å²) in [4.78, 5) is 0. The highest BCUT2D eigenvalue weighted by atomic mass is 16.3. The van der Waals surface area contributed by atoms with Crippen LogP contribution in [0.2, 0.25) is 0 Å². The van der Waals surface area contributed by atoms with Crippen molar-refractivity contribution < 1.29 is 5.11 Å². The molecule has 0 aliphatic rings. The average Bonchev–Trinajstić information content (AvgIpc) is 2.11. The fourth-order valence-corrected chi connectivity index (χ4v) is 1.58. The lowest BCUT2D eigenvalue weighted by molar-refractivity contribution is 0.460. The van der Waals surface area contributed by atoms with E-state index in [1.165, 1.54) is 0 Å². The number of phenols is 1. The lowest BCUT2D eigenvalue weighted by Gasteiger charge is -2.14. The Hall–Kier alpha value is -1.22. The zero-order valence-corrected chi connectivity index (χ0v) is 8.75. The number of phenolic OH excluding ortho intramolecular Hbond substituents is 1. The molecule has 0 spiro atoms. The van der Waals surface area contributed by atoms with E-state index < -0.39 is 0 Å². The molecule has 0 fully saturated rings. The van der Waals surface area contributed by atoms with Gasteiger partial charge in [-0.15, -0.1) is 0 Å². The van der Waals surface area contributed by atoms with Crippen molar-refractivity contribution in [2.75, 3.05) is 5.73 Å². The van der Waals surface area contributed by atoms with Crippen LogP contribution in [0.5, 0.6) is 5.75 Å². The first-order chi connectivity index (χ1) is 6.56. The molecule has 0 saturated carbocycles. The summed E-state index contributed by atoms with van der Waals surface area (Å²) in [5, 5.41) is 9.71. The topological polar surface area (TPSA) is 72.3 Å². The number of hydrogen-bond acceptors (Lipinski definition) is 3. The van der Waals surface area contributed by atoms with Gasteiger partial charge in [0, 0.05) is 11.6 Å². The fourth-order valence-electron chi connectivity index (χ4n) is 1.58. The van der Waals surface area contributed by atoms with Crippen LogP contribution in [0.15, 0.2) is 12.1 Å². The van der Waals surface area contributed by atoms with Gasteiger partial charge in [-0.25, -0.2) is 0 Å². The summed E-state index contributed by atoms with van der Waals surface area (Å²) < 4.78 is 0. The summed E-state index contributed by atoms with van der Waals surface area (Å²) in [5.74, 6) is 0.136. The summed E-state index contributed by atoms with van der Waals surface area (Å²) >= 11 is 0. The maximum Gasteiger partial charge on any atom is 0.143 e. The summed E-state index contributed by atoms with van der Waals surface area (Å²) in [6.07, 6.45) is 1.85. The summed E-state index contributed by atoms with van der Waals surface area (Å²) in [7, 11) is 0. The third-order valence-electron chi connectivity index (χ3n) is 2.31. The van der Waals surface area contributed by atoms with Gasteiger partial charge in [0.2, 0.25) is 0 Å². The van der Waals surface area contributed by atoms with Crippen molar-refractivity contribution in [3.05, 3.63) is 23.3 Å². The van der Waals surface area contributed by atoms with Gasteiger partial charge in [0.05, 0.1) is 5.69 Å². The molecule has 1 aromatic carbocycles. The van der Waals surface area contributed by atoms with E-state index in [9.17, 15) is 5.11 Å². The molecule has 0 heterocycles. The van der Waals surface area contributed by atoms with Gasteiger partial charge in [0.1, 0.15) is 5.75 Å². The van der Waals surface area contributed by atoms with Crippen LogP contribution in [-0.2, 0) is 0 Å². The van der Waals surface area contributed by atoms with Gasteiger partial charge in [-0.2, -0.15) is 0 Å². The molecule has 14 heavy (non-hydrogen) atoms. The van der Waals surface area contributed by atoms with Crippen molar-refractivity contribution in [3.63, 3.8) is 0 Å². The highest BCUT2D eigenvalue weighted by Crippen LogP contribution is 2.31. The van der Waals surface area contributed by atoms with Crippen LogP contribution >= 0.6 is 0 Å². The molecule has 0 bridgehead atoms. The maximum absolute atomic E-state index is 9.71. The third-order valence-corrected chi connectivity index (χ3v) is 2.31. The highest BCUT2D eigenvalue weighted by Gasteiger charge is 2.12. The van der Waals surface area contributed by atoms with Gasteiger partial charge >= 0.3 is 0 Å². The molecule has 1 rings (SSSR count). The molecular formula is C11H18N2O. The lowest BCUT2D eigenvalue weighted by Crippen LogP contribution is -2.10. The second kappa shape index (κ2) is 4.33. The largest absolute Gasteiger partial charge is 0.505 e. The van der Waals surface area contributed by atoms with E-state index in [0.717, 1.165) is 24.0 Å². The SMILES string of the molecule is CCC[C@@H](N)c1cc(C)cc(N)c1O. The number of hydrogen-bond donors (Lipinski definition) is 3. The molecule has 3 nitrogen and oxygen atoms in total. The van der Waals surface area contributed by atoms with Crippen molar-refractivity contribution in [2.45, 2.75) is 32.7 Å². The first-order valence-electron chi connectivity index (χ1n) is 4.90. The van der Waals surface area contributed by atoms with Crippen LogP contribution in [-0.4, -0.2) is 5.11 Å². The number of benzene rings is 1. The Morgan fingerprint density at radius 3 is 2.64 bits per heavy atom. The summed E-state index contributed by atoms with van der Waals surface area (Å²) in [6.45, 7) is 4.01. The first-order valence-corrected chi connectivity index (χ1v) is 4.90. The Morgan fingerprint density at radius 2 is 2.07 bits per heavy atom. The third kappa shape index (κ3) is 2.17. The molecule has 5 N–H and O–H groups in total. The maximum atomic E-state index is 9.71. The second-order valence-electron chi connectivity index (χ2n) is 3.69.